The average Bonchev–Trinajstić information content (AvgIpc) is 3.29. The van der Waals surface area contributed by atoms with Gasteiger partial charge in [0.1, 0.15) is 0 Å². The molecule has 3 aromatic carbocycles. The van der Waals surface area contributed by atoms with Gasteiger partial charge in [0.15, 0.2) is 4.34 Å². The Labute approximate surface area is 206 Å². The molecule has 174 valence electrons. The molecule has 0 saturated carbocycles. The lowest BCUT2D eigenvalue weighted by atomic mass is 10.2. The van der Waals surface area contributed by atoms with Gasteiger partial charge in [-0.25, -0.2) is 8.42 Å². The van der Waals surface area contributed by atoms with Crippen LogP contribution in [0.3, 0.4) is 0 Å². The second-order valence-corrected chi connectivity index (χ2v) is 11.5. The molecule has 1 aromatic heterocycles. The highest BCUT2D eigenvalue weighted by Gasteiger charge is 2.19. The molecule has 0 aliphatic carbocycles. The zero-order valence-electron chi connectivity index (χ0n) is 18.3. The molecule has 0 unspecified atom stereocenters. The van der Waals surface area contributed by atoms with Crippen molar-refractivity contribution in [2.45, 2.75) is 16.6 Å². The van der Waals surface area contributed by atoms with Crippen LogP contribution in [0.2, 0.25) is 0 Å². The molecular formula is C24H22N4O3S3. The maximum atomic E-state index is 12.7. The zero-order chi connectivity index (χ0) is 24.0. The van der Waals surface area contributed by atoms with Gasteiger partial charge >= 0.3 is 0 Å². The summed E-state index contributed by atoms with van der Waals surface area (Å²) < 4.78 is 26.8. The molecule has 7 nitrogen and oxygen atoms in total. The SMILES string of the molecule is CS(=O)(=O)N(Cc1ccccc1)c1ccc(C(=O)Nc2nnc(SCc3ccccc3)s2)cc1. The zero-order valence-corrected chi connectivity index (χ0v) is 20.7. The van der Waals surface area contributed by atoms with Crippen LogP contribution in [-0.4, -0.2) is 30.8 Å². The molecule has 0 radical (unpaired) electrons. The van der Waals surface area contributed by atoms with Crippen LogP contribution in [0.1, 0.15) is 21.5 Å². The van der Waals surface area contributed by atoms with E-state index in [-0.39, 0.29) is 12.5 Å². The fourth-order valence-corrected chi connectivity index (χ4v) is 5.73. The van der Waals surface area contributed by atoms with E-state index in [9.17, 15) is 13.2 Å². The molecule has 0 bridgehead atoms. The van der Waals surface area contributed by atoms with E-state index >= 15 is 0 Å². The van der Waals surface area contributed by atoms with Gasteiger partial charge in [0.25, 0.3) is 5.91 Å². The quantitative estimate of drug-likeness (QED) is 0.250. The third-order valence-electron chi connectivity index (χ3n) is 4.82. The van der Waals surface area contributed by atoms with Gasteiger partial charge in [-0.1, -0.05) is 83.8 Å². The van der Waals surface area contributed by atoms with Crippen LogP contribution in [0.25, 0.3) is 0 Å². The lowest BCUT2D eigenvalue weighted by Gasteiger charge is -2.22. The third-order valence-corrected chi connectivity index (χ3v) is 8.00. The Balaban J connectivity index is 1.40. The summed E-state index contributed by atoms with van der Waals surface area (Å²) in [5.74, 6) is 0.432. The molecule has 4 rings (SSSR count). The number of nitrogens with one attached hydrogen (secondary N) is 1. The molecule has 0 aliphatic heterocycles. The molecule has 0 atom stereocenters. The van der Waals surface area contributed by atoms with E-state index in [0.717, 1.165) is 15.7 Å². The predicted molar refractivity (Wildman–Crippen MR) is 138 cm³/mol. The molecule has 1 amide bonds. The number of thioether (sulfide) groups is 1. The highest BCUT2D eigenvalue weighted by molar-refractivity contribution is 8.00. The minimum atomic E-state index is -3.51. The predicted octanol–water partition coefficient (Wildman–Crippen LogP) is 5.05. The number of nitrogens with zero attached hydrogens (tertiary/aromatic N) is 3. The topological polar surface area (TPSA) is 92.3 Å². The number of benzene rings is 3. The van der Waals surface area contributed by atoms with Crippen molar-refractivity contribution in [2.75, 3.05) is 15.9 Å². The first-order chi connectivity index (χ1) is 16.4. The number of hydrogen-bond donors (Lipinski definition) is 1. The van der Waals surface area contributed by atoms with Gasteiger partial charge in [-0.05, 0) is 35.4 Å². The summed E-state index contributed by atoms with van der Waals surface area (Å²) in [5.41, 5.74) is 2.93. The van der Waals surface area contributed by atoms with Crippen LogP contribution in [-0.2, 0) is 22.3 Å². The Morgan fingerprint density at radius 2 is 1.53 bits per heavy atom. The van der Waals surface area contributed by atoms with Gasteiger partial charge < -0.3 is 0 Å². The number of aromatic nitrogens is 2. The molecule has 1 heterocycles. The molecule has 0 spiro atoms. The monoisotopic (exact) mass is 510 g/mol. The van der Waals surface area contributed by atoms with E-state index in [1.165, 1.54) is 27.5 Å². The summed E-state index contributed by atoms with van der Waals surface area (Å²) >= 11 is 2.87. The molecule has 10 heteroatoms. The first-order valence-electron chi connectivity index (χ1n) is 10.3. The number of hydrogen-bond acceptors (Lipinski definition) is 7. The fourth-order valence-electron chi connectivity index (χ4n) is 3.14. The number of sulfonamides is 1. The lowest BCUT2D eigenvalue weighted by molar-refractivity contribution is 0.102. The highest BCUT2D eigenvalue weighted by Crippen LogP contribution is 2.28. The molecule has 0 aliphatic rings. The Hall–Kier alpha value is -3.21. The Bertz CT molecular complexity index is 1340. The van der Waals surface area contributed by atoms with Crippen LogP contribution in [0.15, 0.2) is 89.3 Å². The van der Waals surface area contributed by atoms with Gasteiger partial charge in [-0.3, -0.25) is 14.4 Å². The van der Waals surface area contributed by atoms with E-state index < -0.39 is 10.0 Å². The van der Waals surface area contributed by atoms with Crippen molar-refractivity contribution in [3.05, 3.63) is 102 Å². The van der Waals surface area contributed by atoms with Gasteiger partial charge in [0.05, 0.1) is 18.5 Å². The van der Waals surface area contributed by atoms with Crippen molar-refractivity contribution in [3.63, 3.8) is 0 Å². The second-order valence-electron chi connectivity index (χ2n) is 7.40. The van der Waals surface area contributed by atoms with Gasteiger partial charge in [0.2, 0.25) is 15.2 Å². The van der Waals surface area contributed by atoms with Crippen LogP contribution in [0, 0.1) is 0 Å². The van der Waals surface area contributed by atoms with E-state index in [1.807, 2.05) is 60.7 Å². The normalized spacial score (nSPS) is 11.2. The standard InChI is InChI=1S/C24H22N4O3S3/c1-34(30,31)28(16-18-8-4-2-5-9-18)21-14-12-20(13-15-21)22(29)25-23-26-27-24(33-23)32-17-19-10-6-3-7-11-19/h2-15H,16-17H2,1H3,(H,25,26,29). The molecule has 34 heavy (non-hydrogen) atoms. The summed E-state index contributed by atoms with van der Waals surface area (Å²) in [6.45, 7) is 0.208. The molecular weight excluding hydrogens is 488 g/mol. The smallest absolute Gasteiger partial charge is 0.257 e. The van der Waals surface area contributed by atoms with Gasteiger partial charge in [0, 0.05) is 11.3 Å². The van der Waals surface area contributed by atoms with E-state index in [4.69, 9.17) is 0 Å². The summed E-state index contributed by atoms with van der Waals surface area (Å²) in [5, 5.41) is 11.3. The van der Waals surface area contributed by atoms with Crippen molar-refractivity contribution in [1.29, 1.82) is 0 Å². The maximum absolute atomic E-state index is 12.7. The van der Waals surface area contributed by atoms with Gasteiger partial charge in [-0.2, -0.15) is 0 Å². The first kappa shape index (κ1) is 23.9. The minimum absolute atomic E-state index is 0.208. The second kappa shape index (κ2) is 10.8. The Morgan fingerprint density at radius 3 is 2.15 bits per heavy atom. The molecule has 0 saturated heterocycles. The Morgan fingerprint density at radius 1 is 0.912 bits per heavy atom. The number of carbonyl (C=O) groups excluding carboxylic acids is 1. The lowest BCUT2D eigenvalue weighted by Crippen LogP contribution is -2.29. The molecule has 0 fully saturated rings. The number of anilines is 2. The fraction of sp³-hybridized carbons (Fsp3) is 0.125. The van der Waals surface area contributed by atoms with E-state index in [2.05, 4.69) is 15.5 Å². The third kappa shape index (κ3) is 6.43. The first-order valence-corrected chi connectivity index (χ1v) is 14.0. The minimum Gasteiger partial charge on any atom is -0.296 e. The Kier molecular flexibility index (Phi) is 7.61. The summed E-state index contributed by atoms with van der Waals surface area (Å²) in [7, 11) is -3.51. The number of amides is 1. The van der Waals surface area contributed by atoms with Crippen molar-refractivity contribution in [2.24, 2.45) is 0 Å². The van der Waals surface area contributed by atoms with Crippen LogP contribution >= 0.6 is 23.1 Å². The summed E-state index contributed by atoms with van der Waals surface area (Å²) in [6.07, 6.45) is 1.17. The summed E-state index contributed by atoms with van der Waals surface area (Å²) in [4.78, 5) is 12.7. The largest absolute Gasteiger partial charge is 0.296 e. The number of carbonyl (C=O) groups is 1. The van der Waals surface area contributed by atoms with Gasteiger partial charge in [-0.15, -0.1) is 10.2 Å². The van der Waals surface area contributed by atoms with E-state index in [1.54, 1.807) is 36.0 Å². The van der Waals surface area contributed by atoms with Crippen LogP contribution in [0.4, 0.5) is 10.8 Å². The number of rotatable bonds is 9. The van der Waals surface area contributed by atoms with Crippen molar-refractivity contribution in [1.82, 2.24) is 10.2 Å². The molecule has 1 N–H and O–H groups in total. The van der Waals surface area contributed by atoms with E-state index in [0.29, 0.717) is 16.4 Å². The summed E-state index contributed by atoms with van der Waals surface area (Å²) in [6, 6.07) is 25.8. The maximum Gasteiger partial charge on any atom is 0.257 e. The van der Waals surface area contributed by atoms with Crippen molar-refractivity contribution in [3.8, 4) is 0 Å². The average molecular weight is 511 g/mol. The highest BCUT2D eigenvalue weighted by atomic mass is 32.2. The van der Waals surface area contributed by atoms with Crippen LogP contribution < -0.4 is 9.62 Å². The molecule has 4 aromatic rings. The van der Waals surface area contributed by atoms with Crippen molar-refractivity contribution < 1.29 is 13.2 Å². The van der Waals surface area contributed by atoms with Crippen molar-refractivity contribution >= 4 is 49.8 Å². The van der Waals surface area contributed by atoms with Crippen LogP contribution in [0.5, 0.6) is 0 Å².